The Kier molecular flexibility index (Phi) is 8.07. The van der Waals surface area contributed by atoms with Crippen LogP contribution in [0.2, 0.25) is 0 Å². The van der Waals surface area contributed by atoms with Crippen molar-refractivity contribution in [2.24, 2.45) is 11.8 Å². The molecule has 0 aromatic heterocycles. The highest BCUT2D eigenvalue weighted by Crippen LogP contribution is 2.64. The Bertz CT molecular complexity index is 1550. The van der Waals surface area contributed by atoms with Gasteiger partial charge in [0.2, 0.25) is 17.7 Å². The molecule has 3 fully saturated rings. The quantitative estimate of drug-likeness (QED) is 0.324. The summed E-state index contributed by atoms with van der Waals surface area (Å²) in [4.78, 5) is 44.7. The molecular weight excluding hydrogens is 554 g/mol. The minimum Gasteiger partial charge on any atom is -0.394 e. The highest BCUT2D eigenvalue weighted by molar-refractivity contribution is 6.04. The van der Waals surface area contributed by atoms with Crippen LogP contribution in [0, 0.1) is 25.7 Å². The highest BCUT2D eigenvalue weighted by atomic mass is 16.5. The Balaban J connectivity index is 1.39. The van der Waals surface area contributed by atoms with Crippen molar-refractivity contribution < 1.29 is 24.2 Å². The van der Waals surface area contributed by atoms with Gasteiger partial charge in [0, 0.05) is 12.2 Å². The zero-order valence-electron chi connectivity index (χ0n) is 25.6. The fourth-order valence-corrected chi connectivity index (χ4v) is 7.85. The Morgan fingerprint density at radius 1 is 0.977 bits per heavy atom. The molecule has 3 heterocycles. The van der Waals surface area contributed by atoms with Crippen molar-refractivity contribution in [2.75, 3.05) is 11.9 Å². The van der Waals surface area contributed by atoms with E-state index in [0.717, 1.165) is 22.3 Å². The minimum atomic E-state index is -1.19. The number of carbonyl (C=O) groups excluding carboxylic acids is 3. The average Bonchev–Trinajstić information content (AvgIpc) is 3.65. The summed E-state index contributed by atoms with van der Waals surface area (Å²) in [6.45, 7) is 5.87. The molecule has 3 aliphatic rings. The molecule has 2 unspecified atom stereocenters. The van der Waals surface area contributed by atoms with Crippen LogP contribution in [0.5, 0.6) is 0 Å². The lowest BCUT2D eigenvalue weighted by Gasteiger charge is -2.37. The number of aryl methyl sites for hydroxylation is 2. The van der Waals surface area contributed by atoms with E-state index >= 15 is 0 Å². The lowest BCUT2D eigenvalue weighted by Crippen LogP contribution is -2.57. The van der Waals surface area contributed by atoms with Gasteiger partial charge in [0.25, 0.3) is 0 Å². The average molecular weight is 596 g/mol. The molecule has 230 valence electrons. The molecule has 6 atom stereocenters. The molecule has 44 heavy (non-hydrogen) atoms. The Morgan fingerprint density at radius 3 is 2.32 bits per heavy atom. The van der Waals surface area contributed by atoms with Gasteiger partial charge in [0.1, 0.15) is 11.6 Å². The number of carbonyl (C=O) groups is 3. The predicted molar refractivity (Wildman–Crippen MR) is 168 cm³/mol. The maximum atomic E-state index is 14.7. The predicted octanol–water partition coefficient (Wildman–Crippen LogP) is 4.32. The standard InChI is InChI=1S/C36H41N3O5/c1-4-35-17-18-36(44-35)30(29(35)32(41)37-21-26-13-9-6-10-14-26)34(43)39(27(22-40)20-25-11-7-5-8-12-25)31(36)33(42)38-28-19-23(2)15-16-24(28)3/h5-16,19,27,29-31,40H,4,17-18,20-22H2,1-3H3,(H,37,41)(H,38,42)/t27-,29-,30+,31?,35+,36?/m1/s1. The van der Waals surface area contributed by atoms with Crippen LogP contribution in [-0.4, -0.2) is 57.6 Å². The van der Waals surface area contributed by atoms with E-state index in [1.807, 2.05) is 99.6 Å². The topological polar surface area (TPSA) is 108 Å². The van der Waals surface area contributed by atoms with Gasteiger partial charge < -0.3 is 25.4 Å². The van der Waals surface area contributed by atoms with Crippen molar-refractivity contribution in [3.05, 3.63) is 101 Å². The van der Waals surface area contributed by atoms with Crippen LogP contribution in [0.3, 0.4) is 0 Å². The fourth-order valence-electron chi connectivity index (χ4n) is 7.85. The first kappa shape index (κ1) is 30.0. The first-order valence-corrected chi connectivity index (χ1v) is 15.6. The van der Waals surface area contributed by atoms with Gasteiger partial charge in [-0.05, 0) is 67.9 Å². The molecule has 6 rings (SSSR count). The largest absolute Gasteiger partial charge is 0.394 e. The third-order valence-corrected chi connectivity index (χ3v) is 10.0. The first-order chi connectivity index (χ1) is 21.2. The number of aliphatic hydroxyl groups is 1. The first-order valence-electron chi connectivity index (χ1n) is 15.6. The molecule has 0 radical (unpaired) electrons. The van der Waals surface area contributed by atoms with E-state index in [2.05, 4.69) is 10.6 Å². The number of nitrogens with one attached hydrogen (secondary N) is 2. The van der Waals surface area contributed by atoms with Crippen LogP contribution in [0.1, 0.15) is 48.4 Å². The van der Waals surface area contributed by atoms with E-state index < -0.39 is 35.1 Å². The number of benzene rings is 3. The van der Waals surface area contributed by atoms with Gasteiger partial charge in [-0.2, -0.15) is 0 Å². The van der Waals surface area contributed by atoms with Crippen molar-refractivity contribution in [2.45, 2.75) is 76.3 Å². The molecule has 3 saturated heterocycles. The number of ether oxygens (including phenoxy) is 1. The molecule has 3 aromatic rings. The van der Waals surface area contributed by atoms with Crippen molar-refractivity contribution in [3.63, 3.8) is 0 Å². The maximum absolute atomic E-state index is 14.7. The zero-order valence-corrected chi connectivity index (χ0v) is 25.6. The molecular formula is C36H41N3O5. The van der Waals surface area contributed by atoms with Gasteiger partial charge in [-0.15, -0.1) is 0 Å². The molecule has 3 N–H and O–H groups in total. The van der Waals surface area contributed by atoms with Gasteiger partial charge in [-0.1, -0.05) is 79.7 Å². The summed E-state index contributed by atoms with van der Waals surface area (Å²) in [5.41, 5.74) is 2.43. The molecule has 3 aromatic carbocycles. The lowest BCUT2D eigenvalue weighted by atomic mass is 9.65. The molecule has 3 aliphatic heterocycles. The number of rotatable bonds is 10. The number of amides is 3. The summed E-state index contributed by atoms with van der Waals surface area (Å²) in [5, 5.41) is 16.9. The monoisotopic (exact) mass is 595 g/mol. The number of anilines is 1. The SMILES string of the molecule is CC[C@@]12CCC3(O1)C(C(=O)Nc1cc(C)ccc1C)N([C@@H](CO)Cc1ccccc1)C(=O)[C@@H]3[C@@H]2C(=O)NCc1ccccc1. The minimum absolute atomic E-state index is 0.241. The molecule has 8 heteroatoms. The van der Waals surface area contributed by atoms with E-state index in [4.69, 9.17) is 4.74 Å². The molecule has 2 bridgehead atoms. The van der Waals surface area contributed by atoms with Crippen LogP contribution in [0.15, 0.2) is 78.9 Å². The molecule has 8 nitrogen and oxygen atoms in total. The summed E-state index contributed by atoms with van der Waals surface area (Å²) in [6.07, 6.45) is 1.95. The van der Waals surface area contributed by atoms with E-state index in [1.54, 1.807) is 4.90 Å². The van der Waals surface area contributed by atoms with E-state index in [1.165, 1.54) is 0 Å². The van der Waals surface area contributed by atoms with Crippen LogP contribution < -0.4 is 10.6 Å². The van der Waals surface area contributed by atoms with E-state index in [9.17, 15) is 19.5 Å². The van der Waals surface area contributed by atoms with Gasteiger partial charge in [0.05, 0.1) is 30.1 Å². The Hall–Kier alpha value is -4.01. The second-order valence-corrected chi connectivity index (χ2v) is 12.6. The highest BCUT2D eigenvalue weighted by Gasteiger charge is 2.79. The number of nitrogens with zero attached hydrogens (tertiary/aromatic N) is 1. The van der Waals surface area contributed by atoms with Crippen molar-refractivity contribution in [1.82, 2.24) is 10.2 Å². The second kappa shape index (κ2) is 11.8. The molecule has 3 amide bonds. The zero-order chi connectivity index (χ0) is 31.1. The summed E-state index contributed by atoms with van der Waals surface area (Å²) < 4.78 is 6.91. The van der Waals surface area contributed by atoms with Gasteiger partial charge in [0.15, 0.2) is 0 Å². The van der Waals surface area contributed by atoms with Crippen LogP contribution in [0.4, 0.5) is 5.69 Å². The number of hydrogen-bond acceptors (Lipinski definition) is 5. The van der Waals surface area contributed by atoms with Crippen LogP contribution in [0.25, 0.3) is 0 Å². The lowest BCUT2D eigenvalue weighted by molar-refractivity contribution is -0.149. The fraction of sp³-hybridized carbons (Fsp3) is 0.417. The van der Waals surface area contributed by atoms with E-state index in [-0.39, 0.29) is 24.3 Å². The van der Waals surface area contributed by atoms with E-state index in [0.29, 0.717) is 37.9 Å². The van der Waals surface area contributed by atoms with Crippen LogP contribution in [-0.2, 0) is 32.1 Å². The molecule has 0 saturated carbocycles. The molecule has 1 spiro atoms. The smallest absolute Gasteiger partial charge is 0.250 e. The van der Waals surface area contributed by atoms with Crippen molar-refractivity contribution >= 4 is 23.4 Å². The summed E-state index contributed by atoms with van der Waals surface area (Å²) in [7, 11) is 0. The Morgan fingerprint density at radius 2 is 1.66 bits per heavy atom. The number of hydrogen-bond donors (Lipinski definition) is 3. The summed E-state index contributed by atoms with van der Waals surface area (Å²) in [6, 6.07) is 23.4. The van der Waals surface area contributed by atoms with Crippen molar-refractivity contribution in [3.8, 4) is 0 Å². The van der Waals surface area contributed by atoms with Gasteiger partial charge >= 0.3 is 0 Å². The van der Waals surface area contributed by atoms with Crippen molar-refractivity contribution in [1.29, 1.82) is 0 Å². The second-order valence-electron chi connectivity index (χ2n) is 12.6. The number of aliphatic hydroxyl groups excluding tert-OH is 1. The third kappa shape index (κ3) is 5.00. The third-order valence-electron chi connectivity index (χ3n) is 10.0. The number of fused-ring (bicyclic) bond motifs is 1. The summed E-state index contributed by atoms with van der Waals surface area (Å²) in [5.74, 6) is -2.51. The Labute approximate surface area is 258 Å². The van der Waals surface area contributed by atoms with Crippen LogP contribution >= 0.6 is 0 Å². The van der Waals surface area contributed by atoms with Gasteiger partial charge in [-0.25, -0.2) is 0 Å². The molecule has 0 aliphatic carbocycles. The number of likely N-dealkylation sites (tertiary alicyclic amines) is 1. The maximum Gasteiger partial charge on any atom is 0.250 e. The van der Waals surface area contributed by atoms with Gasteiger partial charge in [-0.3, -0.25) is 14.4 Å². The normalized spacial score (nSPS) is 27.7. The summed E-state index contributed by atoms with van der Waals surface area (Å²) >= 11 is 0.